The number of rotatable bonds is 2. The van der Waals surface area contributed by atoms with Crippen molar-refractivity contribution >= 4 is 11.9 Å². The van der Waals surface area contributed by atoms with Gasteiger partial charge in [-0.25, -0.2) is 4.98 Å². The smallest absolute Gasteiger partial charge is 0.136 e. The van der Waals surface area contributed by atoms with Gasteiger partial charge in [0.2, 0.25) is 0 Å². The van der Waals surface area contributed by atoms with Gasteiger partial charge in [0.05, 0.1) is 5.54 Å². The normalized spacial score (nSPS) is 19.8. The summed E-state index contributed by atoms with van der Waals surface area (Å²) in [6.45, 7) is 13.3. The summed E-state index contributed by atoms with van der Waals surface area (Å²) in [6, 6.07) is 8.92. The average molecular weight is 320 g/mol. The van der Waals surface area contributed by atoms with Gasteiger partial charge in [-0.2, -0.15) is 0 Å². The molecule has 1 aliphatic heterocycles. The molecule has 24 heavy (non-hydrogen) atoms. The highest BCUT2D eigenvalue weighted by Crippen LogP contribution is 2.41. The third-order valence-corrected chi connectivity index (χ3v) is 5.48. The second-order valence-corrected chi connectivity index (χ2v) is 7.60. The van der Waals surface area contributed by atoms with Crippen molar-refractivity contribution in [3.05, 3.63) is 63.9 Å². The summed E-state index contributed by atoms with van der Waals surface area (Å²) in [7, 11) is 2.16. The van der Waals surface area contributed by atoms with Gasteiger partial charge in [-0.3, -0.25) is 0 Å². The van der Waals surface area contributed by atoms with Crippen LogP contribution >= 0.6 is 0 Å². The minimum Gasteiger partial charge on any atom is -0.346 e. The first kappa shape index (κ1) is 16.8. The largest absolute Gasteiger partial charge is 0.346 e. The lowest BCUT2D eigenvalue weighted by Gasteiger charge is -2.42. The number of hydrogen-bond acceptors (Lipinski definition) is 2. The van der Waals surface area contributed by atoms with Gasteiger partial charge in [0.1, 0.15) is 5.82 Å². The van der Waals surface area contributed by atoms with Gasteiger partial charge in [-0.1, -0.05) is 43.7 Å². The predicted octanol–water partition coefficient (Wildman–Crippen LogP) is 5.51. The molecule has 3 rings (SSSR count). The van der Waals surface area contributed by atoms with Crippen LogP contribution in [-0.2, 0) is 5.54 Å². The van der Waals surface area contributed by atoms with E-state index in [4.69, 9.17) is 4.98 Å². The maximum absolute atomic E-state index is 4.96. The van der Waals surface area contributed by atoms with E-state index in [-0.39, 0.29) is 5.54 Å². The second-order valence-electron chi connectivity index (χ2n) is 7.60. The van der Waals surface area contributed by atoms with E-state index in [1.807, 2.05) is 0 Å². The fourth-order valence-electron chi connectivity index (χ4n) is 3.61. The Balaban J connectivity index is 2.16. The van der Waals surface area contributed by atoms with Crippen molar-refractivity contribution < 1.29 is 0 Å². The molecule has 0 bridgehead atoms. The highest BCUT2D eigenvalue weighted by molar-refractivity contribution is 5.72. The van der Waals surface area contributed by atoms with Crippen LogP contribution in [0.15, 0.2) is 30.3 Å². The van der Waals surface area contributed by atoms with Crippen LogP contribution in [0.3, 0.4) is 0 Å². The molecule has 2 heterocycles. The van der Waals surface area contributed by atoms with Crippen molar-refractivity contribution in [2.24, 2.45) is 0 Å². The summed E-state index contributed by atoms with van der Waals surface area (Å²) in [5, 5.41) is 0. The number of aryl methyl sites for hydroxylation is 2. The van der Waals surface area contributed by atoms with Crippen LogP contribution < -0.4 is 4.90 Å². The van der Waals surface area contributed by atoms with Crippen LogP contribution in [-0.4, -0.2) is 12.0 Å². The van der Waals surface area contributed by atoms with Crippen molar-refractivity contribution in [2.75, 3.05) is 11.9 Å². The second kappa shape index (κ2) is 5.77. The number of benzene rings is 1. The van der Waals surface area contributed by atoms with Gasteiger partial charge in [0.25, 0.3) is 0 Å². The van der Waals surface area contributed by atoms with Gasteiger partial charge >= 0.3 is 0 Å². The minimum atomic E-state index is -0.184. The molecule has 0 amide bonds. The van der Waals surface area contributed by atoms with E-state index in [1.54, 1.807) is 0 Å². The molecule has 0 saturated heterocycles. The van der Waals surface area contributed by atoms with Crippen LogP contribution in [0, 0.1) is 20.8 Å². The molecule has 0 spiro atoms. The molecule has 126 valence electrons. The maximum atomic E-state index is 4.96. The molecule has 0 aliphatic carbocycles. The van der Waals surface area contributed by atoms with E-state index in [0.29, 0.717) is 5.92 Å². The zero-order valence-electron chi connectivity index (χ0n) is 15.9. The van der Waals surface area contributed by atoms with Crippen LogP contribution in [0.2, 0.25) is 0 Å². The first-order chi connectivity index (χ1) is 11.2. The fourth-order valence-corrected chi connectivity index (χ4v) is 3.61. The summed E-state index contributed by atoms with van der Waals surface area (Å²) in [5.74, 6) is 1.51. The summed E-state index contributed by atoms with van der Waals surface area (Å²) < 4.78 is 0. The highest BCUT2D eigenvalue weighted by atomic mass is 15.2. The Morgan fingerprint density at radius 2 is 1.79 bits per heavy atom. The van der Waals surface area contributed by atoms with Crippen molar-refractivity contribution in [1.29, 1.82) is 0 Å². The Labute approximate surface area is 146 Å². The molecule has 0 radical (unpaired) electrons. The molecule has 2 nitrogen and oxygen atoms in total. The molecular formula is C22H28N2. The van der Waals surface area contributed by atoms with Crippen LogP contribution in [0.5, 0.6) is 0 Å². The van der Waals surface area contributed by atoms with E-state index < -0.39 is 0 Å². The molecule has 2 aromatic rings. The standard InChI is InChI=1S/C22H28N2/c1-14(2)20-9-8-18-10-11-22(6,24(7)21(18)23-20)19-13-15(3)12-16(4)17(19)5/h8-14H,1-7H3. The van der Waals surface area contributed by atoms with E-state index >= 15 is 0 Å². The summed E-state index contributed by atoms with van der Waals surface area (Å²) in [6.07, 6.45) is 4.54. The third kappa shape index (κ3) is 2.54. The lowest BCUT2D eigenvalue weighted by atomic mass is 9.82. The first-order valence-electron chi connectivity index (χ1n) is 8.76. The summed E-state index contributed by atoms with van der Waals surface area (Å²) in [4.78, 5) is 7.29. The number of likely N-dealkylation sites (N-methyl/N-ethyl adjacent to an activating group) is 1. The monoisotopic (exact) mass is 320 g/mol. The SMILES string of the molecule is Cc1cc(C)c(C)c(C2(C)C=Cc3ccc(C(C)C)nc3N2C)c1. The number of fused-ring (bicyclic) bond motifs is 1. The van der Waals surface area contributed by atoms with Gasteiger partial charge in [-0.15, -0.1) is 0 Å². The molecule has 1 unspecified atom stereocenters. The van der Waals surface area contributed by atoms with Crippen molar-refractivity contribution in [1.82, 2.24) is 4.98 Å². The Morgan fingerprint density at radius 1 is 1.08 bits per heavy atom. The molecule has 0 N–H and O–H groups in total. The first-order valence-corrected chi connectivity index (χ1v) is 8.76. The topological polar surface area (TPSA) is 16.1 Å². The molecule has 0 fully saturated rings. The van der Waals surface area contributed by atoms with Crippen molar-refractivity contribution in [3.8, 4) is 0 Å². The summed E-state index contributed by atoms with van der Waals surface area (Å²) >= 11 is 0. The fraction of sp³-hybridized carbons (Fsp3) is 0.409. The van der Waals surface area contributed by atoms with E-state index in [9.17, 15) is 0 Å². The van der Waals surface area contributed by atoms with Gasteiger partial charge in [0.15, 0.2) is 0 Å². The van der Waals surface area contributed by atoms with Crippen LogP contribution in [0.4, 0.5) is 5.82 Å². The third-order valence-electron chi connectivity index (χ3n) is 5.48. The predicted molar refractivity (Wildman–Crippen MR) is 104 cm³/mol. The van der Waals surface area contributed by atoms with Gasteiger partial charge in [0, 0.05) is 18.3 Å². The van der Waals surface area contributed by atoms with E-state index in [2.05, 4.69) is 89.9 Å². The van der Waals surface area contributed by atoms with E-state index in [0.717, 1.165) is 11.5 Å². The number of hydrogen-bond donors (Lipinski definition) is 0. The molecule has 2 heteroatoms. The Morgan fingerprint density at radius 3 is 2.46 bits per heavy atom. The van der Waals surface area contributed by atoms with Gasteiger partial charge in [-0.05, 0) is 62.4 Å². The van der Waals surface area contributed by atoms with E-state index in [1.165, 1.54) is 27.8 Å². The molecule has 1 aliphatic rings. The summed E-state index contributed by atoms with van der Waals surface area (Å²) in [5.41, 5.74) is 7.55. The maximum Gasteiger partial charge on any atom is 0.136 e. The van der Waals surface area contributed by atoms with Crippen molar-refractivity contribution in [2.45, 2.75) is 53.0 Å². The minimum absolute atomic E-state index is 0.184. The van der Waals surface area contributed by atoms with Crippen molar-refractivity contribution in [3.63, 3.8) is 0 Å². The zero-order valence-corrected chi connectivity index (χ0v) is 15.9. The Bertz CT molecular complexity index is 817. The lowest BCUT2D eigenvalue weighted by molar-refractivity contribution is 0.565. The average Bonchev–Trinajstić information content (AvgIpc) is 2.54. The Hall–Kier alpha value is -2.09. The molecule has 1 atom stereocenters. The van der Waals surface area contributed by atoms with Gasteiger partial charge < -0.3 is 4.90 Å². The zero-order chi connectivity index (χ0) is 17.6. The number of pyridine rings is 1. The van der Waals surface area contributed by atoms with Crippen LogP contribution in [0.25, 0.3) is 6.08 Å². The molecule has 1 aromatic heterocycles. The Kier molecular flexibility index (Phi) is 4.03. The quantitative estimate of drug-likeness (QED) is 0.725. The number of anilines is 1. The molecular weight excluding hydrogens is 292 g/mol. The number of nitrogens with zero attached hydrogens (tertiary/aromatic N) is 2. The highest BCUT2D eigenvalue weighted by Gasteiger charge is 2.35. The molecule has 0 saturated carbocycles. The van der Waals surface area contributed by atoms with Crippen LogP contribution in [0.1, 0.15) is 60.2 Å². The number of aromatic nitrogens is 1. The molecule has 1 aromatic carbocycles. The lowest BCUT2D eigenvalue weighted by Crippen LogP contribution is -2.43.